The molecule has 2 rings (SSSR count). The van der Waals surface area contributed by atoms with E-state index in [0.717, 1.165) is 35.4 Å². The normalized spacial score (nSPS) is 12.3. The Balaban J connectivity index is 2.67. The molecule has 0 amide bonds. The zero-order valence-corrected chi connectivity index (χ0v) is 15.4. The third-order valence-electron chi connectivity index (χ3n) is 3.89. The lowest BCUT2D eigenvalue weighted by molar-refractivity contribution is 0.309. The van der Waals surface area contributed by atoms with E-state index in [2.05, 4.69) is 16.8 Å². The quantitative estimate of drug-likeness (QED) is 0.590. The molecule has 0 saturated carbocycles. The largest absolute Gasteiger partial charge is 0.496 e. The third-order valence-corrected chi connectivity index (χ3v) is 3.89. The summed E-state index contributed by atoms with van der Waals surface area (Å²) in [7, 11) is 5.62. The van der Waals surface area contributed by atoms with Gasteiger partial charge in [0.05, 0.1) is 18.2 Å². The van der Waals surface area contributed by atoms with Crippen LogP contribution < -0.4 is 10.2 Å². The van der Waals surface area contributed by atoms with Gasteiger partial charge in [-0.1, -0.05) is 30.9 Å². The predicted octanol–water partition coefficient (Wildman–Crippen LogP) is 3.41. The Morgan fingerprint density at radius 2 is 2.08 bits per heavy atom. The number of aromatic nitrogens is 2. The summed E-state index contributed by atoms with van der Waals surface area (Å²) in [5.74, 6) is 2.19. The summed E-state index contributed by atoms with van der Waals surface area (Å²) in [6.07, 6.45) is 5.55. The molecule has 25 heavy (non-hydrogen) atoms. The molecule has 0 unspecified atom stereocenters. The van der Waals surface area contributed by atoms with Crippen molar-refractivity contribution in [3.8, 4) is 0 Å². The average Bonchev–Trinajstić information content (AvgIpc) is 2.65. The lowest BCUT2D eigenvalue weighted by Crippen LogP contribution is -2.28. The molecule has 1 aromatic heterocycles. The summed E-state index contributed by atoms with van der Waals surface area (Å²) in [4.78, 5) is 11.7. The number of hydrogen-bond donors (Lipinski definition) is 1. The maximum absolute atomic E-state index is 5.49. The van der Waals surface area contributed by atoms with Gasteiger partial charge < -0.3 is 15.0 Å². The van der Waals surface area contributed by atoms with Crippen molar-refractivity contribution >= 4 is 22.3 Å². The molecule has 0 atom stereocenters. The highest BCUT2D eigenvalue weighted by molar-refractivity contribution is 5.91. The molecule has 0 spiro atoms. The second kappa shape index (κ2) is 8.99. The van der Waals surface area contributed by atoms with Crippen molar-refractivity contribution in [2.45, 2.75) is 6.92 Å². The van der Waals surface area contributed by atoms with Gasteiger partial charge in [-0.05, 0) is 32.2 Å². The van der Waals surface area contributed by atoms with E-state index in [4.69, 9.17) is 14.7 Å². The highest BCUT2D eigenvalue weighted by Crippen LogP contribution is 2.27. The van der Waals surface area contributed by atoms with Gasteiger partial charge in [0.25, 0.3) is 0 Å². The fraction of sp³-hybridized carbons (Fsp3) is 0.300. The van der Waals surface area contributed by atoms with Gasteiger partial charge in [0, 0.05) is 25.5 Å². The van der Waals surface area contributed by atoms with Crippen molar-refractivity contribution in [2.24, 2.45) is 0 Å². The van der Waals surface area contributed by atoms with Gasteiger partial charge in [0.1, 0.15) is 11.6 Å². The van der Waals surface area contributed by atoms with Crippen LogP contribution in [0.4, 0.5) is 5.82 Å². The molecule has 0 radical (unpaired) electrons. The van der Waals surface area contributed by atoms with Gasteiger partial charge >= 0.3 is 0 Å². The third kappa shape index (κ3) is 4.25. The van der Waals surface area contributed by atoms with Crippen molar-refractivity contribution < 1.29 is 4.74 Å². The first-order chi connectivity index (χ1) is 12.2. The van der Waals surface area contributed by atoms with Gasteiger partial charge in [-0.25, -0.2) is 9.97 Å². The zero-order chi connectivity index (χ0) is 18.2. The molecular formula is C20H26N4O. The van der Waals surface area contributed by atoms with Crippen LogP contribution in [0.25, 0.3) is 16.5 Å². The first-order valence-corrected chi connectivity index (χ1v) is 8.32. The number of likely N-dealkylation sites (N-methyl/N-ethyl adjacent to an activating group) is 2. The van der Waals surface area contributed by atoms with Gasteiger partial charge in [-0.2, -0.15) is 0 Å². The van der Waals surface area contributed by atoms with Crippen LogP contribution in [-0.2, 0) is 4.74 Å². The number of allylic oxidation sites excluding steroid dienone is 4. The minimum atomic E-state index is 0.606. The number of rotatable bonds is 8. The van der Waals surface area contributed by atoms with E-state index in [1.54, 1.807) is 13.2 Å². The summed E-state index contributed by atoms with van der Waals surface area (Å²) in [5, 5.41) is 4.20. The summed E-state index contributed by atoms with van der Waals surface area (Å²) in [6.45, 7) is 7.57. The monoisotopic (exact) mass is 338 g/mol. The van der Waals surface area contributed by atoms with Crippen molar-refractivity contribution in [1.29, 1.82) is 0 Å². The number of nitrogens with one attached hydrogen (secondary N) is 1. The van der Waals surface area contributed by atoms with E-state index in [9.17, 15) is 0 Å². The van der Waals surface area contributed by atoms with Crippen molar-refractivity contribution in [3.63, 3.8) is 0 Å². The first kappa shape index (κ1) is 18.7. The van der Waals surface area contributed by atoms with E-state index >= 15 is 0 Å². The molecule has 0 saturated heterocycles. The minimum Gasteiger partial charge on any atom is -0.496 e. The van der Waals surface area contributed by atoms with Gasteiger partial charge in [0.2, 0.25) is 0 Å². The van der Waals surface area contributed by atoms with Gasteiger partial charge in [-0.15, -0.1) is 0 Å². The minimum absolute atomic E-state index is 0.606. The molecule has 0 fully saturated rings. The maximum atomic E-state index is 5.49. The van der Waals surface area contributed by atoms with Crippen LogP contribution in [0.15, 0.2) is 54.8 Å². The highest BCUT2D eigenvalue weighted by Gasteiger charge is 2.15. The number of para-hydroxylation sites is 1. The molecule has 0 bridgehead atoms. The Labute approximate surface area is 149 Å². The van der Waals surface area contributed by atoms with Crippen LogP contribution in [0.3, 0.4) is 0 Å². The number of methoxy groups -OCH3 is 1. The molecule has 0 aliphatic rings. The van der Waals surface area contributed by atoms with Crippen LogP contribution in [0.5, 0.6) is 0 Å². The van der Waals surface area contributed by atoms with Crippen molar-refractivity contribution in [3.05, 3.63) is 60.7 Å². The number of hydrogen-bond acceptors (Lipinski definition) is 5. The van der Waals surface area contributed by atoms with Crippen LogP contribution in [0.1, 0.15) is 12.7 Å². The topological polar surface area (TPSA) is 50.3 Å². The second-order valence-corrected chi connectivity index (χ2v) is 5.60. The van der Waals surface area contributed by atoms with E-state index in [1.165, 1.54) is 0 Å². The Morgan fingerprint density at radius 3 is 2.72 bits per heavy atom. The van der Waals surface area contributed by atoms with Crippen LogP contribution >= 0.6 is 0 Å². The SMILES string of the molecule is C=C/C(=C(\C=C/C)OC)c1nc(N(C)CCNC)c2ccccc2n1. The number of anilines is 1. The van der Waals surface area contributed by atoms with E-state index in [-0.39, 0.29) is 0 Å². The lowest BCUT2D eigenvalue weighted by atomic mass is 10.1. The van der Waals surface area contributed by atoms with Gasteiger partial charge in [-0.3, -0.25) is 0 Å². The number of benzene rings is 1. The van der Waals surface area contributed by atoms with E-state index in [0.29, 0.717) is 11.6 Å². The fourth-order valence-corrected chi connectivity index (χ4v) is 2.58. The Hall–Kier alpha value is -2.66. The summed E-state index contributed by atoms with van der Waals surface area (Å²) < 4.78 is 5.49. The Morgan fingerprint density at radius 1 is 1.32 bits per heavy atom. The number of ether oxygens (including phenoxy) is 1. The first-order valence-electron chi connectivity index (χ1n) is 8.32. The molecule has 1 heterocycles. The lowest BCUT2D eigenvalue weighted by Gasteiger charge is -2.21. The molecule has 5 nitrogen and oxygen atoms in total. The molecule has 1 aromatic carbocycles. The fourth-order valence-electron chi connectivity index (χ4n) is 2.58. The van der Waals surface area contributed by atoms with E-state index < -0.39 is 0 Å². The predicted molar refractivity (Wildman–Crippen MR) is 106 cm³/mol. The van der Waals surface area contributed by atoms with E-state index in [1.807, 2.05) is 57.4 Å². The molecular weight excluding hydrogens is 312 g/mol. The summed E-state index contributed by atoms with van der Waals surface area (Å²) in [6, 6.07) is 8.03. The summed E-state index contributed by atoms with van der Waals surface area (Å²) in [5.41, 5.74) is 1.67. The maximum Gasteiger partial charge on any atom is 0.165 e. The smallest absolute Gasteiger partial charge is 0.165 e. The number of nitrogens with zero attached hydrogens (tertiary/aromatic N) is 3. The Kier molecular flexibility index (Phi) is 6.71. The van der Waals surface area contributed by atoms with Gasteiger partial charge in [0.15, 0.2) is 5.82 Å². The van der Waals surface area contributed by atoms with Crippen LogP contribution in [0.2, 0.25) is 0 Å². The molecule has 0 aliphatic heterocycles. The van der Waals surface area contributed by atoms with Crippen molar-refractivity contribution in [2.75, 3.05) is 39.2 Å². The zero-order valence-electron chi connectivity index (χ0n) is 15.4. The molecule has 132 valence electrons. The Bertz CT molecular complexity index is 795. The second-order valence-electron chi connectivity index (χ2n) is 5.60. The molecule has 2 aromatic rings. The standard InChI is InChI=1S/C20H26N4O/c1-6-10-18(25-5)15(7-2)19-22-17-12-9-8-11-16(17)20(23-19)24(4)14-13-21-3/h6-12,21H,2,13-14H2,1,3-5H3/b10-6-,18-15-. The van der Waals surface area contributed by atoms with Crippen LogP contribution in [-0.4, -0.2) is 44.3 Å². The number of fused-ring (bicyclic) bond motifs is 1. The molecule has 5 heteroatoms. The van der Waals surface area contributed by atoms with Crippen molar-refractivity contribution in [1.82, 2.24) is 15.3 Å². The molecule has 1 N–H and O–H groups in total. The summed E-state index contributed by atoms with van der Waals surface area (Å²) >= 11 is 0. The average molecular weight is 338 g/mol. The molecule has 0 aliphatic carbocycles. The highest BCUT2D eigenvalue weighted by atomic mass is 16.5. The van der Waals surface area contributed by atoms with Crippen LogP contribution in [0, 0.1) is 0 Å².